The van der Waals surface area contributed by atoms with Crippen molar-refractivity contribution in [3.05, 3.63) is 18.5 Å². The van der Waals surface area contributed by atoms with Gasteiger partial charge in [-0.1, -0.05) is 6.92 Å². The van der Waals surface area contributed by atoms with Crippen LogP contribution in [0.15, 0.2) is 18.5 Å². The molecule has 0 unspecified atom stereocenters. The Bertz CT molecular complexity index is 472. The van der Waals surface area contributed by atoms with Crippen LogP contribution in [0.5, 0.6) is 0 Å². The summed E-state index contributed by atoms with van der Waals surface area (Å²) < 4.78 is 0. The summed E-state index contributed by atoms with van der Waals surface area (Å²) in [6.07, 6.45) is 4.22. The Morgan fingerprint density at radius 2 is 1.86 bits per heavy atom. The molecule has 114 valence electrons. The number of carbonyl (C=O) groups is 2. The number of amides is 2. The topological polar surface area (TPSA) is 78.4 Å². The van der Waals surface area contributed by atoms with Crippen molar-refractivity contribution in [3.63, 3.8) is 0 Å². The molecule has 1 N–H and O–H groups in total. The van der Waals surface area contributed by atoms with E-state index in [2.05, 4.69) is 15.3 Å². The predicted octanol–water partition coefficient (Wildman–Crippen LogP) is 0.0415. The molecular weight excluding hydrogens is 270 g/mol. The molecule has 0 radical (unpaired) electrons. The van der Waals surface area contributed by atoms with Crippen LogP contribution in [-0.4, -0.2) is 59.4 Å². The average molecular weight is 291 g/mol. The molecule has 1 aliphatic rings. The molecule has 2 heterocycles. The third kappa shape index (κ3) is 4.40. The molecule has 1 fully saturated rings. The highest BCUT2D eigenvalue weighted by Gasteiger charge is 2.23. The van der Waals surface area contributed by atoms with E-state index in [4.69, 9.17) is 0 Å². The zero-order valence-electron chi connectivity index (χ0n) is 12.3. The van der Waals surface area contributed by atoms with Crippen LogP contribution in [0.2, 0.25) is 0 Å². The van der Waals surface area contributed by atoms with E-state index >= 15 is 0 Å². The molecule has 2 amide bonds. The van der Waals surface area contributed by atoms with Gasteiger partial charge in [-0.15, -0.1) is 0 Å². The summed E-state index contributed by atoms with van der Waals surface area (Å²) in [6, 6.07) is 1.78. The second-order valence-electron chi connectivity index (χ2n) is 4.94. The number of piperazine rings is 1. The monoisotopic (exact) mass is 291 g/mol. The van der Waals surface area contributed by atoms with Gasteiger partial charge >= 0.3 is 0 Å². The minimum absolute atomic E-state index is 0.0676. The van der Waals surface area contributed by atoms with Crippen molar-refractivity contribution in [1.82, 2.24) is 20.2 Å². The number of hydrogen-bond donors (Lipinski definition) is 1. The van der Waals surface area contributed by atoms with E-state index in [1.54, 1.807) is 23.4 Å². The molecule has 1 aliphatic heterocycles. The first kappa shape index (κ1) is 15.2. The van der Waals surface area contributed by atoms with E-state index in [1.807, 2.05) is 11.8 Å². The van der Waals surface area contributed by atoms with Crippen LogP contribution >= 0.6 is 0 Å². The maximum absolute atomic E-state index is 12.0. The van der Waals surface area contributed by atoms with Crippen LogP contribution in [0, 0.1) is 0 Å². The van der Waals surface area contributed by atoms with Gasteiger partial charge in [-0.2, -0.15) is 0 Å². The lowest BCUT2D eigenvalue weighted by Gasteiger charge is -2.34. The smallest absolute Gasteiger partial charge is 0.232 e. The highest BCUT2D eigenvalue weighted by molar-refractivity contribution is 5.96. The molecule has 0 atom stereocenters. The summed E-state index contributed by atoms with van der Waals surface area (Å²) in [6.45, 7) is 5.16. The number of nitrogens with zero attached hydrogens (tertiary/aromatic N) is 4. The lowest BCUT2D eigenvalue weighted by molar-refractivity contribution is -0.136. The van der Waals surface area contributed by atoms with Gasteiger partial charge in [0.25, 0.3) is 0 Å². The summed E-state index contributed by atoms with van der Waals surface area (Å²) >= 11 is 0. The van der Waals surface area contributed by atoms with Gasteiger partial charge < -0.3 is 15.1 Å². The maximum atomic E-state index is 12.0. The summed E-state index contributed by atoms with van der Waals surface area (Å²) in [5.74, 6) is 0.373. The van der Waals surface area contributed by atoms with E-state index in [-0.39, 0.29) is 18.2 Å². The molecule has 0 aromatic carbocycles. The highest BCUT2D eigenvalue weighted by Crippen LogP contribution is 2.10. The number of carbonyl (C=O) groups excluding carboxylic acids is 2. The third-order valence-electron chi connectivity index (χ3n) is 3.35. The van der Waals surface area contributed by atoms with Crippen LogP contribution in [-0.2, 0) is 9.59 Å². The molecule has 2 rings (SSSR count). The standard InChI is InChI=1S/C14H21N5O2/c1-2-4-15-12(20)11-13(21)18-7-9-19(10-8-18)14-16-5-3-6-17-14/h3,5-6H,2,4,7-11H2,1H3,(H,15,20). The van der Waals surface area contributed by atoms with Crippen LogP contribution in [0.4, 0.5) is 5.95 Å². The Kier molecular flexibility index (Phi) is 5.48. The molecule has 1 saturated heterocycles. The average Bonchev–Trinajstić information content (AvgIpc) is 2.54. The number of anilines is 1. The predicted molar refractivity (Wildman–Crippen MR) is 78.7 cm³/mol. The van der Waals surface area contributed by atoms with Crippen LogP contribution < -0.4 is 10.2 Å². The van der Waals surface area contributed by atoms with Crippen molar-refractivity contribution < 1.29 is 9.59 Å². The number of rotatable bonds is 5. The maximum Gasteiger partial charge on any atom is 0.232 e. The van der Waals surface area contributed by atoms with E-state index in [1.165, 1.54) is 0 Å². The fourth-order valence-corrected chi connectivity index (χ4v) is 2.19. The normalized spacial score (nSPS) is 14.9. The summed E-state index contributed by atoms with van der Waals surface area (Å²) in [4.78, 5) is 35.8. The molecule has 0 aliphatic carbocycles. The molecule has 1 aromatic heterocycles. The fourth-order valence-electron chi connectivity index (χ4n) is 2.19. The van der Waals surface area contributed by atoms with Gasteiger partial charge in [0, 0.05) is 45.1 Å². The summed E-state index contributed by atoms with van der Waals surface area (Å²) in [5.41, 5.74) is 0. The van der Waals surface area contributed by atoms with Crippen LogP contribution in [0.3, 0.4) is 0 Å². The van der Waals surface area contributed by atoms with Crippen molar-refractivity contribution in [1.29, 1.82) is 0 Å². The highest BCUT2D eigenvalue weighted by atomic mass is 16.2. The third-order valence-corrected chi connectivity index (χ3v) is 3.35. The van der Waals surface area contributed by atoms with Crippen LogP contribution in [0.1, 0.15) is 19.8 Å². The second-order valence-corrected chi connectivity index (χ2v) is 4.94. The van der Waals surface area contributed by atoms with Crippen molar-refractivity contribution >= 4 is 17.8 Å². The molecule has 7 nitrogen and oxygen atoms in total. The van der Waals surface area contributed by atoms with Gasteiger partial charge in [0.05, 0.1) is 0 Å². The minimum Gasteiger partial charge on any atom is -0.356 e. The zero-order valence-corrected chi connectivity index (χ0v) is 12.3. The zero-order chi connectivity index (χ0) is 15.1. The van der Waals surface area contributed by atoms with Gasteiger partial charge in [0.15, 0.2) is 0 Å². The van der Waals surface area contributed by atoms with Gasteiger partial charge in [-0.3, -0.25) is 9.59 Å². The molecule has 7 heteroatoms. The van der Waals surface area contributed by atoms with Crippen molar-refractivity contribution in [3.8, 4) is 0 Å². The largest absolute Gasteiger partial charge is 0.356 e. The van der Waals surface area contributed by atoms with Gasteiger partial charge in [-0.05, 0) is 12.5 Å². The SMILES string of the molecule is CCCNC(=O)CC(=O)N1CCN(c2ncccn2)CC1. The molecule has 0 saturated carbocycles. The van der Waals surface area contributed by atoms with Gasteiger partial charge in [0.2, 0.25) is 17.8 Å². The summed E-state index contributed by atoms with van der Waals surface area (Å²) in [5, 5.41) is 2.72. The Hall–Kier alpha value is -2.18. The minimum atomic E-state index is -0.198. The Labute approximate surface area is 124 Å². The number of hydrogen-bond acceptors (Lipinski definition) is 5. The summed E-state index contributed by atoms with van der Waals surface area (Å²) in [7, 11) is 0. The molecule has 0 bridgehead atoms. The first-order valence-corrected chi connectivity index (χ1v) is 7.27. The van der Waals surface area contributed by atoms with Crippen molar-refractivity contribution in [2.45, 2.75) is 19.8 Å². The van der Waals surface area contributed by atoms with E-state index in [0.29, 0.717) is 38.7 Å². The van der Waals surface area contributed by atoms with Crippen LogP contribution in [0.25, 0.3) is 0 Å². The molecule has 1 aromatic rings. The lowest BCUT2D eigenvalue weighted by atomic mass is 10.2. The Morgan fingerprint density at radius 3 is 2.48 bits per heavy atom. The van der Waals surface area contributed by atoms with E-state index < -0.39 is 0 Å². The van der Waals surface area contributed by atoms with E-state index in [0.717, 1.165) is 6.42 Å². The first-order chi connectivity index (χ1) is 10.2. The Balaban J connectivity index is 1.78. The molecular formula is C14H21N5O2. The number of nitrogens with one attached hydrogen (secondary N) is 1. The fraction of sp³-hybridized carbons (Fsp3) is 0.571. The molecule has 21 heavy (non-hydrogen) atoms. The van der Waals surface area contributed by atoms with E-state index in [9.17, 15) is 9.59 Å². The lowest BCUT2D eigenvalue weighted by Crippen LogP contribution is -2.50. The van der Waals surface area contributed by atoms with Crippen molar-refractivity contribution in [2.24, 2.45) is 0 Å². The quantitative estimate of drug-likeness (QED) is 0.775. The van der Waals surface area contributed by atoms with Crippen molar-refractivity contribution in [2.75, 3.05) is 37.6 Å². The van der Waals surface area contributed by atoms with Gasteiger partial charge in [0.1, 0.15) is 6.42 Å². The first-order valence-electron chi connectivity index (χ1n) is 7.27. The number of aromatic nitrogens is 2. The molecule has 0 spiro atoms. The second kappa shape index (κ2) is 7.56. The Morgan fingerprint density at radius 1 is 1.19 bits per heavy atom. The van der Waals surface area contributed by atoms with Gasteiger partial charge in [-0.25, -0.2) is 9.97 Å².